The van der Waals surface area contributed by atoms with Crippen molar-refractivity contribution in [3.8, 4) is 0 Å². The molecule has 0 N–H and O–H groups in total. The molecule has 0 spiro atoms. The second-order valence-electron chi connectivity index (χ2n) is 8.07. The average molecular weight is 309 g/mol. The van der Waals surface area contributed by atoms with Gasteiger partial charge < -0.3 is 0 Å². The molecule has 2 rings (SSSR count). The van der Waals surface area contributed by atoms with Gasteiger partial charge in [-0.2, -0.15) is 0 Å². The summed E-state index contributed by atoms with van der Waals surface area (Å²) in [5.41, 5.74) is 6.23. The summed E-state index contributed by atoms with van der Waals surface area (Å²) in [5, 5.41) is 0. The van der Waals surface area contributed by atoms with Crippen molar-refractivity contribution in [1.29, 1.82) is 0 Å². The standard InChI is InChI=1S/C23H32/c1-7-9-10-18-11-12-21-20(14-18)15-19(13-17(3)4)22(21)16-23(5,6)8-2/h7,9-12,14-15,17,22H,1,8,13,16H2,2-6H3/b10-9+. The number of rotatable bonds is 7. The minimum Gasteiger partial charge on any atom is -0.0991 e. The molecule has 0 bridgehead atoms. The Hall–Kier alpha value is -1.56. The normalized spacial score (nSPS) is 17.7. The van der Waals surface area contributed by atoms with Crippen molar-refractivity contribution in [3.63, 3.8) is 0 Å². The highest BCUT2D eigenvalue weighted by molar-refractivity contribution is 5.70. The van der Waals surface area contributed by atoms with E-state index in [9.17, 15) is 0 Å². The van der Waals surface area contributed by atoms with Gasteiger partial charge in [-0.3, -0.25) is 0 Å². The van der Waals surface area contributed by atoms with Crippen molar-refractivity contribution in [2.45, 2.75) is 59.8 Å². The number of benzene rings is 1. The number of fused-ring (bicyclic) bond motifs is 1. The van der Waals surface area contributed by atoms with Crippen LogP contribution >= 0.6 is 0 Å². The van der Waals surface area contributed by atoms with Crippen molar-refractivity contribution in [2.75, 3.05) is 0 Å². The second-order valence-corrected chi connectivity index (χ2v) is 8.07. The maximum atomic E-state index is 3.76. The lowest BCUT2D eigenvalue weighted by Crippen LogP contribution is -2.16. The van der Waals surface area contributed by atoms with Crippen molar-refractivity contribution < 1.29 is 0 Å². The molecule has 0 nitrogen and oxygen atoms in total. The first kappa shape index (κ1) is 17.8. The Morgan fingerprint density at radius 1 is 1.26 bits per heavy atom. The van der Waals surface area contributed by atoms with Gasteiger partial charge in [0.05, 0.1) is 0 Å². The van der Waals surface area contributed by atoms with E-state index in [0.717, 1.165) is 0 Å². The van der Waals surface area contributed by atoms with Crippen LogP contribution in [-0.4, -0.2) is 0 Å². The molecule has 124 valence electrons. The Morgan fingerprint density at radius 3 is 2.61 bits per heavy atom. The maximum Gasteiger partial charge on any atom is 0.00626 e. The lowest BCUT2D eigenvalue weighted by Gasteiger charge is -2.29. The molecule has 0 aliphatic heterocycles. The summed E-state index contributed by atoms with van der Waals surface area (Å²) in [6.07, 6.45) is 12.1. The molecule has 0 heterocycles. The molecule has 0 heteroatoms. The summed E-state index contributed by atoms with van der Waals surface area (Å²) in [6.45, 7) is 15.5. The highest BCUT2D eigenvalue weighted by Crippen LogP contribution is 2.46. The monoisotopic (exact) mass is 308 g/mol. The van der Waals surface area contributed by atoms with Gasteiger partial charge in [0.25, 0.3) is 0 Å². The zero-order valence-electron chi connectivity index (χ0n) is 15.5. The van der Waals surface area contributed by atoms with Crippen LogP contribution < -0.4 is 0 Å². The first-order valence-electron chi connectivity index (χ1n) is 9.00. The third-order valence-electron chi connectivity index (χ3n) is 5.06. The van der Waals surface area contributed by atoms with Gasteiger partial charge in [-0.1, -0.05) is 89.6 Å². The molecule has 23 heavy (non-hydrogen) atoms. The summed E-state index contributed by atoms with van der Waals surface area (Å²) < 4.78 is 0. The van der Waals surface area contributed by atoms with Crippen molar-refractivity contribution in [3.05, 3.63) is 59.2 Å². The van der Waals surface area contributed by atoms with Crippen LogP contribution in [0.2, 0.25) is 0 Å². The second kappa shape index (κ2) is 7.34. The molecule has 1 aliphatic carbocycles. The van der Waals surface area contributed by atoms with E-state index in [4.69, 9.17) is 0 Å². The van der Waals surface area contributed by atoms with Crippen LogP contribution in [0.4, 0.5) is 0 Å². The van der Waals surface area contributed by atoms with Crippen molar-refractivity contribution in [2.24, 2.45) is 11.3 Å². The smallest absolute Gasteiger partial charge is 0.00626 e. The predicted octanol–water partition coefficient (Wildman–Crippen LogP) is 7.24. The Kier molecular flexibility index (Phi) is 5.68. The molecule has 0 saturated carbocycles. The Morgan fingerprint density at radius 2 is 2.00 bits per heavy atom. The fraction of sp³-hybridized carbons (Fsp3) is 0.478. The van der Waals surface area contributed by atoms with E-state index in [1.165, 1.54) is 36.0 Å². The van der Waals surface area contributed by atoms with Crippen LogP contribution in [0.1, 0.15) is 76.5 Å². The first-order chi connectivity index (χ1) is 10.9. The summed E-state index contributed by atoms with van der Waals surface area (Å²) in [5.74, 6) is 1.31. The first-order valence-corrected chi connectivity index (χ1v) is 9.00. The zero-order chi connectivity index (χ0) is 17.0. The maximum absolute atomic E-state index is 3.76. The molecule has 0 amide bonds. The summed E-state index contributed by atoms with van der Waals surface area (Å²) >= 11 is 0. The lowest BCUT2D eigenvalue weighted by atomic mass is 9.75. The molecule has 1 aromatic rings. The Balaban J connectivity index is 2.36. The molecule has 0 fully saturated rings. The lowest BCUT2D eigenvalue weighted by molar-refractivity contribution is 0.303. The van der Waals surface area contributed by atoms with Gasteiger partial charge in [0.2, 0.25) is 0 Å². The van der Waals surface area contributed by atoms with Crippen molar-refractivity contribution >= 4 is 12.2 Å². The van der Waals surface area contributed by atoms with Crippen LogP contribution in [0.3, 0.4) is 0 Å². The number of hydrogen-bond acceptors (Lipinski definition) is 0. The zero-order valence-corrected chi connectivity index (χ0v) is 15.5. The molecular formula is C23H32. The minimum atomic E-state index is 0.393. The highest BCUT2D eigenvalue weighted by Gasteiger charge is 2.30. The van der Waals surface area contributed by atoms with Gasteiger partial charge in [-0.05, 0) is 46.9 Å². The van der Waals surface area contributed by atoms with Gasteiger partial charge in [-0.15, -0.1) is 0 Å². The molecule has 1 unspecified atom stereocenters. The quantitative estimate of drug-likeness (QED) is 0.466. The third kappa shape index (κ3) is 4.47. The van der Waals surface area contributed by atoms with Crippen LogP contribution in [0.15, 0.2) is 42.5 Å². The van der Waals surface area contributed by atoms with E-state index in [1.807, 2.05) is 12.2 Å². The van der Waals surface area contributed by atoms with Crippen LogP contribution in [0.5, 0.6) is 0 Å². The largest absolute Gasteiger partial charge is 0.0991 e. The average Bonchev–Trinajstić information content (AvgIpc) is 2.81. The minimum absolute atomic E-state index is 0.393. The number of hydrogen-bond donors (Lipinski definition) is 0. The summed E-state index contributed by atoms with van der Waals surface area (Å²) in [6, 6.07) is 6.92. The summed E-state index contributed by atoms with van der Waals surface area (Å²) in [4.78, 5) is 0. The Labute approximate surface area is 143 Å². The number of allylic oxidation sites excluding steroid dienone is 3. The summed E-state index contributed by atoms with van der Waals surface area (Å²) in [7, 11) is 0. The highest BCUT2D eigenvalue weighted by atomic mass is 14.3. The van der Waals surface area contributed by atoms with E-state index >= 15 is 0 Å². The molecule has 1 aromatic carbocycles. The fourth-order valence-corrected chi connectivity index (χ4v) is 3.43. The topological polar surface area (TPSA) is 0 Å². The van der Waals surface area contributed by atoms with E-state index < -0.39 is 0 Å². The van der Waals surface area contributed by atoms with Crippen molar-refractivity contribution in [1.82, 2.24) is 0 Å². The van der Waals surface area contributed by atoms with Gasteiger partial charge in [0.15, 0.2) is 0 Å². The SMILES string of the molecule is C=C/C=C/c1ccc2c(c1)C=C(CC(C)C)C2CC(C)(C)CC. The van der Waals surface area contributed by atoms with Crippen LogP contribution in [-0.2, 0) is 0 Å². The van der Waals surface area contributed by atoms with E-state index in [2.05, 4.69) is 71.5 Å². The van der Waals surface area contributed by atoms with Gasteiger partial charge in [0, 0.05) is 5.92 Å². The molecule has 0 saturated heterocycles. The van der Waals surface area contributed by atoms with Crippen LogP contribution in [0, 0.1) is 11.3 Å². The van der Waals surface area contributed by atoms with Gasteiger partial charge >= 0.3 is 0 Å². The van der Waals surface area contributed by atoms with E-state index in [0.29, 0.717) is 17.3 Å². The van der Waals surface area contributed by atoms with Gasteiger partial charge in [0.1, 0.15) is 0 Å². The van der Waals surface area contributed by atoms with E-state index in [-0.39, 0.29) is 0 Å². The van der Waals surface area contributed by atoms with E-state index in [1.54, 1.807) is 5.57 Å². The Bertz CT molecular complexity index is 611. The molecule has 1 atom stereocenters. The third-order valence-corrected chi connectivity index (χ3v) is 5.06. The van der Waals surface area contributed by atoms with Gasteiger partial charge in [-0.25, -0.2) is 0 Å². The predicted molar refractivity (Wildman–Crippen MR) is 105 cm³/mol. The fourth-order valence-electron chi connectivity index (χ4n) is 3.43. The molecule has 1 aliphatic rings. The molecular weight excluding hydrogens is 276 g/mol. The molecule has 0 radical (unpaired) electrons. The van der Waals surface area contributed by atoms with Crippen LogP contribution in [0.25, 0.3) is 12.2 Å². The molecule has 0 aromatic heterocycles.